The predicted molar refractivity (Wildman–Crippen MR) is 63.9 cm³/mol. The highest BCUT2D eigenvalue weighted by Crippen LogP contribution is 2.28. The third-order valence-corrected chi connectivity index (χ3v) is 4.89. The van der Waals surface area contributed by atoms with Gasteiger partial charge in [-0.25, -0.2) is 8.42 Å². The molecule has 0 bridgehead atoms. The van der Waals surface area contributed by atoms with E-state index < -0.39 is 10.0 Å². The van der Waals surface area contributed by atoms with Crippen LogP contribution in [0.15, 0.2) is 5.51 Å². The molecule has 0 spiro atoms. The minimum absolute atomic E-state index is 0.192. The zero-order chi connectivity index (χ0) is 11.4. The highest BCUT2D eigenvalue weighted by molar-refractivity contribution is 7.92. The maximum absolute atomic E-state index is 11.7. The Hall–Kier alpha value is -0.690. The van der Waals surface area contributed by atoms with Gasteiger partial charge < -0.3 is 0 Å². The summed E-state index contributed by atoms with van der Waals surface area (Å²) in [7, 11) is -3.23. The number of anilines is 1. The van der Waals surface area contributed by atoms with Crippen LogP contribution in [0.1, 0.15) is 32.1 Å². The van der Waals surface area contributed by atoms with Gasteiger partial charge in [0.25, 0.3) is 0 Å². The summed E-state index contributed by atoms with van der Waals surface area (Å²) < 4.78 is 25.8. The first-order valence-corrected chi connectivity index (χ1v) is 7.95. The van der Waals surface area contributed by atoms with Crippen LogP contribution >= 0.6 is 11.3 Å². The molecule has 1 aliphatic rings. The van der Waals surface area contributed by atoms with Crippen molar-refractivity contribution in [1.29, 1.82) is 0 Å². The predicted octanol–water partition coefficient (Wildman–Crippen LogP) is 1.86. The van der Waals surface area contributed by atoms with Gasteiger partial charge in [0.05, 0.1) is 5.75 Å². The molecule has 1 aromatic heterocycles. The van der Waals surface area contributed by atoms with Crippen LogP contribution in [0.2, 0.25) is 0 Å². The maximum Gasteiger partial charge on any atom is 0.234 e. The molecule has 1 heterocycles. The molecule has 0 aliphatic heterocycles. The number of hydrogen-bond acceptors (Lipinski definition) is 5. The Labute approximate surface area is 99.3 Å². The van der Waals surface area contributed by atoms with Crippen LogP contribution in [0, 0.1) is 5.92 Å². The van der Waals surface area contributed by atoms with Crippen molar-refractivity contribution >= 4 is 26.5 Å². The summed E-state index contributed by atoms with van der Waals surface area (Å²) in [5.41, 5.74) is 1.51. The molecule has 16 heavy (non-hydrogen) atoms. The number of rotatable bonds is 5. The van der Waals surface area contributed by atoms with Gasteiger partial charge in [-0.1, -0.05) is 37.0 Å². The first-order chi connectivity index (χ1) is 7.66. The van der Waals surface area contributed by atoms with Crippen molar-refractivity contribution in [2.45, 2.75) is 32.1 Å². The van der Waals surface area contributed by atoms with Gasteiger partial charge in [0.2, 0.25) is 15.2 Å². The zero-order valence-electron chi connectivity index (χ0n) is 8.92. The van der Waals surface area contributed by atoms with Crippen LogP contribution in [0.4, 0.5) is 5.13 Å². The molecule has 0 atom stereocenters. The van der Waals surface area contributed by atoms with E-state index >= 15 is 0 Å². The average molecular weight is 261 g/mol. The second-order valence-electron chi connectivity index (χ2n) is 4.10. The molecule has 1 aliphatic carbocycles. The van der Waals surface area contributed by atoms with Crippen LogP contribution in [-0.4, -0.2) is 24.4 Å². The van der Waals surface area contributed by atoms with E-state index in [0.717, 1.165) is 6.42 Å². The van der Waals surface area contributed by atoms with E-state index in [-0.39, 0.29) is 5.75 Å². The number of nitrogens with one attached hydrogen (secondary N) is 1. The Balaban J connectivity index is 1.83. The topological polar surface area (TPSA) is 72.0 Å². The molecule has 2 rings (SSSR count). The second-order valence-corrected chi connectivity index (χ2v) is 6.78. The van der Waals surface area contributed by atoms with Gasteiger partial charge in [-0.15, -0.1) is 10.2 Å². The standard InChI is InChI=1S/C9H15N3O2S2/c13-16(14,12-9-11-10-7-15-9)6-5-8-3-1-2-4-8/h7-8H,1-6H2,(H,11,12). The number of hydrogen-bond donors (Lipinski definition) is 1. The van der Waals surface area contributed by atoms with Gasteiger partial charge in [0, 0.05) is 0 Å². The molecule has 5 nitrogen and oxygen atoms in total. The Morgan fingerprint density at radius 1 is 1.44 bits per heavy atom. The first-order valence-electron chi connectivity index (χ1n) is 5.42. The Bertz CT molecular complexity index is 410. The quantitative estimate of drug-likeness (QED) is 0.878. The van der Waals surface area contributed by atoms with E-state index in [1.807, 2.05) is 0 Å². The van der Waals surface area contributed by atoms with E-state index in [2.05, 4.69) is 14.9 Å². The fourth-order valence-corrected chi connectivity index (χ4v) is 3.94. The van der Waals surface area contributed by atoms with E-state index in [4.69, 9.17) is 0 Å². The Kier molecular flexibility index (Phi) is 3.75. The molecule has 1 fully saturated rings. The smallest absolute Gasteiger partial charge is 0.234 e. The molecule has 0 aromatic carbocycles. The maximum atomic E-state index is 11.7. The third-order valence-electron chi connectivity index (χ3n) is 2.87. The van der Waals surface area contributed by atoms with E-state index in [0.29, 0.717) is 11.0 Å². The second kappa shape index (κ2) is 5.09. The summed E-state index contributed by atoms with van der Waals surface area (Å²) in [6.07, 6.45) is 5.60. The van der Waals surface area contributed by atoms with Gasteiger partial charge in [0.1, 0.15) is 5.51 Å². The van der Waals surface area contributed by atoms with Crippen molar-refractivity contribution in [1.82, 2.24) is 10.2 Å². The molecule has 0 radical (unpaired) electrons. The SMILES string of the molecule is O=S(=O)(CCC1CCCC1)Nc1nncs1. The lowest BCUT2D eigenvalue weighted by Gasteiger charge is -2.09. The van der Waals surface area contributed by atoms with Gasteiger partial charge in [-0.3, -0.25) is 4.72 Å². The zero-order valence-corrected chi connectivity index (χ0v) is 10.6. The van der Waals surface area contributed by atoms with E-state index in [1.165, 1.54) is 42.5 Å². The summed E-state index contributed by atoms with van der Waals surface area (Å²) in [5.74, 6) is 0.781. The van der Waals surface area contributed by atoms with Crippen LogP contribution in [0.25, 0.3) is 0 Å². The molecular formula is C9H15N3O2S2. The molecular weight excluding hydrogens is 246 g/mol. The summed E-state index contributed by atoms with van der Waals surface area (Å²) in [5, 5.41) is 7.60. The fraction of sp³-hybridized carbons (Fsp3) is 0.778. The van der Waals surface area contributed by atoms with Crippen LogP contribution in [0.3, 0.4) is 0 Å². The molecule has 0 saturated heterocycles. The summed E-state index contributed by atoms with van der Waals surface area (Å²) in [6.45, 7) is 0. The Morgan fingerprint density at radius 3 is 2.81 bits per heavy atom. The van der Waals surface area contributed by atoms with E-state index in [1.54, 1.807) is 0 Å². The molecule has 0 unspecified atom stereocenters. The highest BCUT2D eigenvalue weighted by Gasteiger charge is 2.19. The van der Waals surface area contributed by atoms with E-state index in [9.17, 15) is 8.42 Å². The van der Waals surface area contributed by atoms with Crippen molar-refractivity contribution < 1.29 is 8.42 Å². The van der Waals surface area contributed by atoms with Gasteiger partial charge in [0.15, 0.2) is 0 Å². The van der Waals surface area contributed by atoms with Crippen molar-refractivity contribution in [3.63, 3.8) is 0 Å². The summed E-state index contributed by atoms with van der Waals surface area (Å²) in [4.78, 5) is 0. The Morgan fingerprint density at radius 2 is 2.19 bits per heavy atom. The van der Waals surface area contributed by atoms with Gasteiger partial charge in [-0.2, -0.15) is 0 Å². The first kappa shape index (κ1) is 11.8. The molecule has 7 heteroatoms. The molecule has 1 saturated carbocycles. The van der Waals surface area contributed by atoms with Crippen molar-refractivity contribution in [3.05, 3.63) is 5.51 Å². The molecule has 90 valence electrons. The van der Waals surface area contributed by atoms with Crippen molar-refractivity contribution in [2.75, 3.05) is 10.5 Å². The molecule has 0 amide bonds. The number of nitrogens with zero attached hydrogens (tertiary/aromatic N) is 2. The lowest BCUT2D eigenvalue weighted by molar-refractivity contribution is 0.522. The highest BCUT2D eigenvalue weighted by atomic mass is 32.2. The van der Waals surface area contributed by atoms with Gasteiger partial charge in [-0.05, 0) is 12.3 Å². The van der Waals surface area contributed by atoms with Crippen LogP contribution in [-0.2, 0) is 10.0 Å². The molecule has 1 aromatic rings. The van der Waals surface area contributed by atoms with Crippen molar-refractivity contribution in [2.24, 2.45) is 5.92 Å². The average Bonchev–Trinajstić information content (AvgIpc) is 2.85. The van der Waals surface area contributed by atoms with Gasteiger partial charge >= 0.3 is 0 Å². The van der Waals surface area contributed by atoms with Crippen LogP contribution in [0.5, 0.6) is 0 Å². The minimum Gasteiger partial charge on any atom is -0.257 e. The number of sulfonamides is 1. The van der Waals surface area contributed by atoms with Crippen LogP contribution < -0.4 is 4.72 Å². The van der Waals surface area contributed by atoms with Crippen molar-refractivity contribution in [3.8, 4) is 0 Å². The summed E-state index contributed by atoms with van der Waals surface area (Å²) in [6, 6.07) is 0. The lowest BCUT2D eigenvalue weighted by Crippen LogP contribution is -2.18. The largest absolute Gasteiger partial charge is 0.257 e. The third kappa shape index (κ3) is 3.41. The number of aromatic nitrogens is 2. The lowest BCUT2D eigenvalue weighted by atomic mass is 10.1. The minimum atomic E-state index is -3.23. The monoisotopic (exact) mass is 261 g/mol. The normalized spacial score (nSPS) is 17.8. The summed E-state index contributed by atoms with van der Waals surface area (Å²) >= 11 is 1.20. The molecule has 1 N–H and O–H groups in total. The fourth-order valence-electron chi connectivity index (χ4n) is 2.02.